The average Bonchev–Trinajstić information content (AvgIpc) is 4.20. The fraction of sp³-hybridized carbons (Fsp3) is 0.433. The van der Waals surface area contributed by atoms with E-state index in [0.717, 1.165) is 78.0 Å². The van der Waals surface area contributed by atoms with Crippen LogP contribution in [0, 0.1) is 5.82 Å². The number of benzene rings is 3. The van der Waals surface area contributed by atoms with E-state index in [1.54, 1.807) is 55.0 Å². The first-order valence-corrected chi connectivity index (χ1v) is 27.7. The molecule has 3 aromatic heterocycles. The number of hydrogen-bond acceptors (Lipinski definition) is 11. The summed E-state index contributed by atoms with van der Waals surface area (Å²) in [5, 5.41) is 5.69. The molecule has 1 spiro atoms. The lowest BCUT2D eigenvalue weighted by Crippen LogP contribution is -2.58. The van der Waals surface area contributed by atoms with Crippen molar-refractivity contribution in [1.29, 1.82) is 0 Å². The van der Waals surface area contributed by atoms with Gasteiger partial charge in [0.15, 0.2) is 5.82 Å². The van der Waals surface area contributed by atoms with Crippen LogP contribution < -0.4 is 20.4 Å². The van der Waals surface area contributed by atoms with Gasteiger partial charge < -0.3 is 34.4 Å². The number of pyridine rings is 2. The topological polar surface area (TPSA) is 169 Å². The molecule has 8 heterocycles. The van der Waals surface area contributed by atoms with Crippen molar-refractivity contribution in [3.63, 3.8) is 0 Å². The monoisotopic (exact) mass is 1040 g/mol. The third kappa shape index (κ3) is 9.29. The molecule has 5 aliphatic heterocycles. The van der Waals surface area contributed by atoms with Crippen molar-refractivity contribution >= 4 is 63.6 Å². The molecule has 4 saturated heterocycles. The Morgan fingerprint density at radius 3 is 2.16 bits per heavy atom. The molecule has 12 rings (SSSR count). The number of carbonyl (C=O) groups is 5. The predicted molar refractivity (Wildman–Crippen MR) is 293 cm³/mol. The number of halogens is 1. The number of nitrogens with one attached hydrogen (secondary N) is 2. The fourth-order valence-corrected chi connectivity index (χ4v) is 13.0. The Bertz CT molecular complexity index is 3260. The Morgan fingerprint density at radius 1 is 0.792 bits per heavy atom. The summed E-state index contributed by atoms with van der Waals surface area (Å²) >= 11 is 0. The predicted octanol–water partition coefficient (Wildman–Crippen LogP) is 8.76. The SMILES string of the molecule is CC(C)n1cnc2cc(-c3ccc4c(c3)N([C@H]3C[C@@H](N5CCCCC5)C3)C(=O)C43CCN(C(=O)c4ccc(C(=O)N5CCC(N(C)c6ccc(C7CCC(=O)NC7=O)cn6)CC5)cc4)CC3)nc(Nc3ccccc3F)c21. The molecule has 1 saturated carbocycles. The van der Waals surface area contributed by atoms with Crippen molar-refractivity contribution in [3.05, 3.63) is 126 Å². The second-order valence-corrected chi connectivity index (χ2v) is 22.4. The minimum atomic E-state index is -0.788. The van der Waals surface area contributed by atoms with Gasteiger partial charge in [0.25, 0.3) is 11.8 Å². The van der Waals surface area contributed by atoms with E-state index in [1.165, 1.54) is 25.3 Å². The van der Waals surface area contributed by atoms with Crippen LogP contribution in [0.25, 0.3) is 22.3 Å². The van der Waals surface area contributed by atoms with Gasteiger partial charge in [-0.05, 0) is 150 Å². The molecule has 0 bridgehead atoms. The number of imide groups is 1. The molecule has 1 aliphatic carbocycles. The van der Waals surface area contributed by atoms with Crippen LogP contribution in [-0.2, 0) is 19.8 Å². The van der Waals surface area contributed by atoms with E-state index in [9.17, 15) is 19.2 Å². The highest BCUT2D eigenvalue weighted by Gasteiger charge is 2.56. The van der Waals surface area contributed by atoms with Crippen molar-refractivity contribution in [1.82, 2.24) is 39.5 Å². The average molecular weight is 1040 g/mol. The summed E-state index contributed by atoms with van der Waals surface area (Å²) in [5.41, 5.74) is 6.24. The number of imidazole rings is 1. The van der Waals surface area contributed by atoms with Crippen molar-refractivity contribution in [2.75, 3.05) is 61.4 Å². The molecule has 398 valence electrons. The highest BCUT2D eigenvalue weighted by Crippen LogP contribution is 2.52. The highest BCUT2D eigenvalue weighted by molar-refractivity contribution is 6.10. The Balaban J connectivity index is 0.730. The van der Waals surface area contributed by atoms with Gasteiger partial charge in [0, 0.05) is 92.4 Å². The zero-order valence-corrected chi connectivity index (χ0v) is 44.1. The van der Waals surface area contributed by atoms with E-state index < -0.39 is 5.41 Å². The number of aromatic nitrogens is 4. The molecule has 1 atom stereocenters. The molecular weight excluding hydrogens is 974 g/mol. The summed E-state index contributed by atoms with van der Waals surface area (Å²) in [6, 6.07) is 26.4. The number of carbonyl (C=O) groups excluding carboxylic acids is 5. The summed E-state index contributed by atoms with van der Waals surface area (Å²) in [6.07, 6.45) is 12.3. The van der Waals surface area contributed by atoms with Crippen LogP contribution in [0.4, 0.5) is 27.4 Å². The fourth-order valence-electron chi connectivity index (χ4n) is 13.0. The summed E-state index contributed by atoms with van der Waals surface area (Å²) in [6.45, 7) is 8.33. The van der Waals surface area contributed by atoms with E-state index >= 15 is 9.18 Å². The molecule has 16 nitrogen and oxygen atoms in total. The summed E-state index contributed by atoms with van der Waals surface area (Å²) in [4.78, 5) is 92.4. The van der Waals surface area contributed by atoms with Crippen LogP contribution in [0.2, 0.25) is 0 Å². The number of piperidine rings is 4. The molecule has 77 heavy (non-hydrogen) atoms. The Labute approximate surface area is 448 Å². The normalized spacial score (nSPS) is 21.9. The molecule has 6 aromatic rings. The lowest BCUT2D eigenvalue weighted by atomic mass is 9.73. The van der Waals surface area contributed by atoms with E-state index in [4.69, 9.17) is 9.97 Å². The molecule has 1 unspecified atom stereocenters. The second kappa shape index (κ2) is 20.4. The zero-order chi connectivity index (χ0) is 53.1. The molecular formula is C60H66FN11O5. The van der Waals surface area contributed by atoms with Crippen LogP contribution in [0.1, 0.15) is 128 Å². The molecule has 6 aliphatic rings. The van der Waals surface area contributed by atoms with Crippen molar-refractivity contribution in [2.24, 2.45) is 0 Å². The summed E-state index contributed by atoms with van der Waals surface area (Å²) in [5.74, 6) is -0.106. The summed E-state index contributed by atoms with van der Waals surface area (Å²) in [7, 11) is 2.00. The van der Waals surface area contributed by atoms with Crippen LogP contribution in [0.5, 0.6) is 0 Å². The van der Waals surface area contributed by atoms with E-state index in [1.807, 2.05) is 45.7 Å². The molecule has 5 fully saturated rings. The number of amides is 5. The number of fused-ring (bicyclic) bond motifs is 3. The van der Waals surface area contributed by atoms with Gasteiger partial charge in [-0.15, -0.1) is 0 Å². The van der Waals surface area contributed by atoms with Crippen LogP contribution in [0.3, 0.4) is 0 Å². The number of para-hydroxylation sites is 1. The number of anilines is 4. The maximum atomic E-state index is 15.3. The lowest BCUT2D eigenvalue weighted by Gasteiger charge is -2.48. The van der Waals surface area contributed by atoms with Crippen molar-refractivity contribution in [3.8, 4) is 11.3 Å². The van der Waals surface area contributed by atoms with Gasteiger partial charge >= 0.3 is 0 Å². The molecule has 0 radical (unpaired) electrons. The number of nitrogens with zero attached hydrogens (tertiary/aromatic N) is 9. The third-order valence-electron chi connectivity index (χ3n) is 17.6. The maximum absolute atomic E-state index is 15.3. The van der Waals surface area contributed by atoms with Gasteiger partial charge in [0.05, 0.1) is 34.6 Å². The van der Waals surface area contributed by atoms with Gasteiger partial charge in [0.1, 0.15) is 17.2 Å². The summed E-state index contributed by atoms with van der Waals surface area (Å²) < 4.78 is 17.1. The van der Waals surface area contributed by atoms with Gasteiger partial charge in [-0.2, -0.15) is 0 Å². The van der Waals surface area contributed by atoms with E-state index in [2.05, 4.69) is 56.3 Å². The smallest absolute Gasteiger partial charge is 0.253 e. The Kier molecular flexibility index (Phi) is 13.4. The zero-order valence-electron chi connectivity index (χ0n) is 44.1. The van der Waals surface area contributed by atoms with Gasteiger partial charge in [0.2, 0.25) is 17.7 Å². The quantitative estimate of drug-likeness (QED) is 0.119. The largest absolute Gasteiger partial charge is 0.357 e. The molecule has 5 amide bonds. The van der Waals surface area contributed by atoms with Crippen molar-refractivity contribution in [2.45, 2.75) is 120 Å². The third-order valence-corrected chi connectivity index (χ3v) is 17.6. The van der Waals surface area contributed by atoms with Crippen LogP contribution >= 0.6 is 0 Å². The Hall–Kier alpha value is -7.53. The molecule has 3 aromatic carbocycles. The first kappa shape index (κ1) is 50.3. The lowest BCUT2D eigenvalue weighted by molar-refractivity contribution is -0.134. The van der Waals surface area contributed by atoms with Crippen molar-refractivity contribution < 1.29 is 28.4 Å². The van der Waals surface area contributed by atoms with Gasteiger partial charge in [-0.1, -0.05) is 36.8 Å². The second-order valence-electron chi connectivity index (χ2n) is 22.4. The van der Waals surface area contributed by atoms with E-state index in [-0.39, 0.29) is 59.4 Å². The number of hydrogen-bond donors (Lipinski definition) is 2. The van der Waals surface area contributed by atoms with Gasteiger partial charge in [-0.3, -0.25) is 29.3 Å². The minimum Gasteiger partial charge on any atom is -0.357 e. The maximum Gasteiger partial charge on any atom is 0.253 e. The number of rotatable bonds is 11. The van der Waals surface area contributed by atoms with E-state index in [0.29, 0.717) is 86.2 Å². The molecule has 2 N–H and O–H groups in total. The van der Waals surface area contributed by atoms with Gasteiger partial charge in [-0.25, -0.2) is 19.3 Å². The first-order chi connectivity index (χ1) is 37.3. The standard InChI is InChI=1S/C60H66FN11O5/c1-37(2)71-36-63-50-34-49(65-55(54(50)71)64-48-10-6-5-9-47(48)61)40-15-18-46-51(31-40)72(44-32-43(33-44)68-25-7-4-8-26-68)59(77)60(46)23-29-70(30-24-60)58(76)39-13-11-38(12-14-39)57(75)69-27-21-42(22-28-69)67(3)52-19-16-41(35-62-52)45-17-20-53(73)66-56(45)74/h5-6,9-16,18-19,31,34-37,42-45H,4,7-8,17,20-30,32-33H2,1-3H3,(H,64,65)(H,66,73,74)/t43-,44+,45?. The number of likely N-dealkylation sites (tertiary alicyclic amines) is 3. The Morgan fingerprint density at radius 2 is 1.49 bits per heavy atom. The van der Waals surface area contributed by atoms with Crippen LogP contribution in [-0.4, -0.2) is 128 Å². The molecule has 17 heteroatoms. The minimum absolute atomic E-state index is 0.0576. The van der Waals surface area contributed by atoms with Crippen LogP contribution in [0.15, 0.2) is 97.5 Å². The highest BCUT2D eigenvalue weighted by atomic mass is 19.1. The first-order valence-electron chi connectivity index (χ1n) is 27.7.